The summed E-state index contributed by atoms with van der Waals surface area (Å²) in [5, 5.41) is 11.4. The van der Waals surface area contributed by atoms with Crippen LogP contribution in [-0.4, -0.2) is 52.8 Å². The molecule has 0 saturated carbocycles. The minimum Gasteiger partial charge on any atom is -0.507 e. The van der Waals surface area contributed by atoms with Gasteiger partial charge in [0.25, 0.3) is 11.7 Å². The molecular weight excluding hydrogens is 476 g/mol. The lowest BCUT2D eigenvalue weighted by molar-refractivity contribution is -0.140. The molecule has 3 aromatic carbocycles. The average molecular weight is 513 g/mol. The van der Waals surface area contributed by atoms with Crippen molar-refractivity contribution in [1.82, 2.24) is 9.80 Å². The number of aryl methyl sites for hydroxylation is 2. The zero-order valence-corrected chi connectivity index (χ0v) is 22.6. The van der Waals surface area contributed by atoms with Crippen molar-refractivity contribution in [3.8, 4) is 5.75 Å². The molecule has 198 valence electrons. The molecule has 1 amide bonds. The van der Waals surface area contributed by atoms with Crippen molar-refractivity contribution in [3.05, 3.63) is 106 Å². The summed E-state index contributed by atoms with van der Waals surface area (Å²) >= 11 is 0. The van der Waals surface area contributed by atoms with E-state index >= 15 is 0 Å². The standard InChI is InChI=1S/C32H36N2O4/c1-5-33(6-2)18-19-34-29(25-14-12-22(3)13-15-25)28(31(36)32(34)37)30(35)26-16-17-27(23(4)20-26)38-21-24-10-8-7-9-11-24/h7-17,20,29,35H,5-6,18-19,21H2,1-4H3/t29-/m1/s1. The lowest BCUT2D eigenvalue weighted by Crippen LogP contribution is -2.38. The van der Waals surface area contributed by atoms with E-state index in [0.717, 1.165) is 35.3 Å². The maximum Gasteiger partial charge on any atom is 0.295 e. The van der Waals surface area contributed by atoms with Gasteiger partial charge in [-0.1, -0.05) is 74.0 Å². The Labute approximate surface area is 225 Å². The van der Waals surface area contributed by atoms with Gasteiger partial charge in [-0.2, -0.15) is 0 Å². The number of likely N-dealkylation sites (tertiary alicyclic amines) is 1. The van der Waals surface area contributed by atoms with Gasteiger partial charge in [-0.25, -0.2) is 0 Å². The molecule has 6 nitrogen and oxygen atoms in total. The van der Waals surface area contributed by atoms with Crippen LogP contribution in [0.15, 0.2) is 78.4 Å². The maximum atomic E-state index is 13.3. The number of likely N-dealkylation sites (N-methyl/N-ethyl adjacent to an activating group) is 1. The van der Waals surface area contributed by atoms with Crippen LogP contribution in [0.25, 0.3) is 5.76 Å². The van der Waals surface area contributed by atoms with Crippen LogP contribution >= 0.6 is 0 Å². The van der Waals surface area contributed by atoms with E-state index in [1.165, 1.54) is 0 Å². The van der Waals surface area contributed by atoms with E-state index in [-0.39, 0.29) is 11.3 Å². The first-order valence-electron chi connectivity index (χ1n) is 13.2. The number of nitrogens with zero attached hydrogens (tertiary/aromatic N) is 2. The van der Waals surface area contributed by atoms with E-state index in [2.05, 4.69) is 18.7 Å². The summed E-state index contributed by atoms with van der Waals surface area (Å²) in [5.74, 6) is -0.712. The summed E-state index contributed by atoms with van der Waals surface area (Å²) in [7, 11) is 0. The third-order valence-electron chi connectivity index (χ3n) is 7.17. The predicted molar refractivity (Wildman–Crippen MR) is 150 cm³/mol. The molecule has 1 aliphatic rings. The van der Waals surface area contributed by atoms with E-state index in [0.29, 0.717) is 31.0 Å². The highest BCUT2D eigenvalue weighted by molar-refractivity contribution is 6.46. The third-order valence-corrected chi connectivity index (χ3v) is 7.17. The summed E-state index contributed by atoms with van der Waals surface area (Å²) < 4.78 is 5.98. The van der Waals surface area contributed by atoms with Crippen molar-refractivity contribution < 1.29 is 19.4 Å². The summed E-state index contributed by atoms with van der Waals surface area (Å²) in [6.07, 6.45) is 0. The SMILES string of the molecule is CCN(CC)CCN1C(=O)C(=O)C(=C(O)c2ccc(OCc3ccccc3)c(C)c2)[C@H]1c1ccc(C)cc1. The van der Waals surface area contributed by atoms with Crippen molar-refractivity contribution in [2.45, 2.75) is 40.3 Å². The number of hydrogen-bond acceptors (Lipinski definition) is 5. The number of rotatable bonds is 10. The summed E-state index contributed by atoms with van der Waals surface area (Å²) in [5.41, 5.74) is 4.37. The van der Waals surface area contributed by atoms with Crippen LogP contribution in [0, 0.1) is 13.8 Å². The number of carbonyl (C=O) groups excluding carboxylic acids is 2. The number of aliphatic hydroxyl groups excluding tert-OH is 1. The van der Waals surface area contributed by atoms with Crippen LogP contribution in [0.5, 0.6) is 5.75 Å². The van der Waals surface area contributed by atoms with Crippen molar-refractivity contribution >= 4 is 17.4 Å². The van der Waals surface area contributed by atoms with E-state index < -0.39 is 17.7 Å². The number of ketones is 1. The van der Waals surface area contributed by atoms with Gasteiger partial charge in [0.15, 0.2) is 0 Å². The first-order valence-corrected chi connectivity index (χ1v) is 13.2. The lowest BCUT2D eigenvalue weighted by atomic mass is 9.94. The largest absolute Gasteiger partial charge is 0.507 e. The monoisotopic (exact) mass is 512 g/mol. The summed E-state index contributed by atoms with van der Waals surface area (Å²) in [6.45, 7) is 11.2. The number of ether oxygens (including phenoxy) is 1. The topological polar surface area (TPSA) is 70.1 Å². The molecule has 3 aromatic rings. The first-order chi connectivity index (χ1) is 18.3. The molecule has 1 saturated heterocycles. The summed E-state index contributed by atoms with van der Waals surface area (Å²) in [6, 6.07) is 22.3. The number of amides is 1. The molecular formula is C32H36N2O4. The molecule has 4 rings (SSSR count). The molecule has 6 heteroatoms. The quantitative estimate of drug-likeness (QED) is 0.216. The van der Waals surface area contributed by atoms with Crippen molar-refractivity contribution in [2.24, 2.45) is 0 Å². The third kappa shape index (κ3) is 5.81. The molecule has 38 heavy (non-hydrogen) atoms. The Morgan fingerprint density at radius 1 is 0.947 bits per heavy atom. The fourth-order valence-corrected chi connectivity index (χ4v) is 4.84. The predicted octanol–water partition coefficient (Wildman–Crippen LogP) is 5.65. The van der Waals surface area contributed by atoms with Gasteiger partial charge in [0.1, 0.15) is 18.1 Å². The minimum absolute atomic E-state index is 0.121. The van der Waals surface area contributed by atoms with Gasteiger partial charge >= 0.3 is 0 Å². The van der Waals surface area contributed by atoms with Crippen molar-refractivity contribution in [2.75, 3.05) is 26.2 Å². The average Bonchev–Trinajstić information content (AvgIpc) is 3.18. The Balaban J connectivity index is 1.68. The Kier molecular flexibility index (Phi) is 8.64. The first kappa shape index (κ1) is 27.1. The van der Waals surface area contributed by atoms with Crippen LogP contribution in [-0.2, 0) is 16.2 Å². The van der Waals surface area contributed by atoms with E-state index in [4.69, 9.17) is 4.74 Å². The molecule has 0 radical (unpaired) electrons. The molecule has 0 unspecified atom stereocenters. The molecule has 1 fully saturated rings. The number of benzene rings is 3. The second kappa shape index (κ2) is 12.1. The smallest absolute Gasteiger partial charge is 0.295 e. The van der Waals surface area contributed by atoms with E-state index in [1.807, 2.05) is 68.4 Å². The van der Waals surface area contributed by atoms with Gasteiger partial charge < -0.3 is 19.6 Å². The van der Waals surface area contributed by atoms with Crippen LogP contribution in [0.4, 0.5) is 0 Å². The Bertz CT molecular complexity index is 1310. The lowest BCUT2D eigenvalue weighted by Gasteiger charge is -2.28. The second-order valence-corrected chi connectivity index (χ2v) is 9.68. The zero-order chi connectivity index (χ0) is 27.2. The molecule has 1 atom stereocenters. The van der Waals surface area contributed by atoms with Gasteiger partial charge in [0.05, 0.1) is 11.6 Å². The molecule has 0 bridgehead atoms. The molecule has 0 aliphatic carbocycles. The number of aliphatic hydroxyl groups is 1. The van der Waals surface area contributed by atoms with Gasteiger partial charge in [0, 0.05) is 18.7 Å². The highest BCUT2D eigenvalue weighted by Crippen LogP contribution is 2.39. The van der Waals surface area contributed by atoms with E-state index in [9.17, 15) is 14.7 Å². The molecule has 1 heterocycles. The zero-order valence-electron chi connectivity index (χ0n) is 22.6. The molecule has 0 aromatic heterocycles. The summed E-state index contributed by atoms with van der Waals surface area (Å²) in [4.78, 5) is 30.4. The van der Waals surface area contributed by atoms with Gasteiger partial charge in [0.2, 0.25) is 0 Å². The van der Waals surface area contributed by atoms with Crippen molar-refractivity contribution in [1.29, 1.82) is 0 Å². The normalized spacial score (nSPS) is 16.9. The van der Waals surface area contributed by atoms with Gasteiger partial charge in [-0.05, 0) is 61.8 Å². The molecule has 1 aliphatic heterocycles. The Morgan fingerprint density at radius 3 is 2.26 bits per heavy atom. The second-order valence-electron chi connectivity index (χ2n) is 9.68. The van der Waals surface area contributed by atoms with E-state index in [1.54, 1.807) is 23.1 Å². The van der Waals surface area contributed by atoms with Crippen LogP contribution in [0.1, 0.15) is 47.7 Å². The fraction of sp³-hybridized carbons (Fsp3) is 0.312. The van der Waals surface area contributed by atoms with Crippen LogP contribution < -0.4 is 4.74 Å². The number of hydrogen-bond donors (Lipinski definition) is 1. The minimum atomic E-state index is -0.658. The van der Waals surface area contributed by atoms with Crippen LogP contribution in [0.3, 0.4) is 0 Å². The van der Waals surface area contributed by atoms with Crippen molar-refractivity contribution in [3.63, 3.8) is 0 Å². The van der Waals surface area contributed by atoms with Gasteiger partial charge in [-0.15, -0.1) is 0 Å². The number of carbonyl (C=O) groups is 2. The fourth-order valence-electron chi connectivity index (χ4n) is 4.84. The number of Topliss-reactive ketones (excluding diaryl/α,β-unsaturated/α-hetero) is 1. The maximum absolute atomic E-state index is 13.3. The molecule has 0 spiro atoms. The van der Waals surface area contributed by atoms with Crippen LogP contribution in [0.2, 0.25) is 0 Å². The van der Waals surface area contributed by atoms with Gasteiger partial charge in [-0.3, -0.25) is 9.59 Å². The Hall–Kier alpha value is -3.90. The highest BCUT2D eigenvalue weighted by Gasteiger charge is 2.46. The molecule has 1 N–H and O–H groups in total. The highest BCUT2D eigenvalue weighted by atomic mass is 16.5. The Morgan fingerprint density at radius 2 is 1.63 bits per heavy atom.